The molecule has 0 spiro atoms. The van der Waals surface area contributed by atoms with Crippen molar-refractivity contribution in [1.82, 2.24) is 9.78 Å². The van der Waals surface area contributed by atoms with E-state index in [4.69, 9.17) is 9.84 Å². The van der Waals surface area contributed by atoms with E-state index in [0.29, 0.717) is 13.0 Å². The van der Waals surface area contributed by atoms with Crippen LogP contribution in [0.5, 0.6) is 0 Å². The molecule has 0 radical (unpaired) electrons. The molecule has 5 heteroatoms. The Morgan fingerprint density at radius 3 is 2.89 bits per heavy atom. The molecule has 1 N–H and O–H groups in total. The van der Waals surface area contributed by atoms with Gasteiger partial charge in [0.25, 0.3) is 0 Å². The zero-order valence-electron chi connectivity index (χ0n) is 10.3. The fraction of sp³-hybridized carbons (Fsp3) is 0.286. The molecule has 2 heterocycles. The van der Waals surface area contributed by atoms with Gasteiger partial charge in [0, 0.05) is 18.4 Å². The molecule has 0 saturated carbocycles. The fourth-order valence-electron chi connectivity index (χ4n) is 2.38. The van der Waals surface area contributed by atoms with Crippen molar-refractivity contribution in [2.45, 2.75) is 12.5 Å². The minimum atomic E-state index is -0.810. The Kier molecular flexibility index (Phi) is 3.05. The molecule has 1 aromatic carbocycles. The summed E-state index contributed by atoms with van der Waals surface area (Å²) in [6.07, 6.45) is 3.67. The lowest BCUT2D eigenvalue weighted by Crippen LogP contribution is -2.17. The first-order chi connectivity index (χ1) is 9.25. The second kappa shape index (κ2) is 4.85. The summed E-state index contributed by atoms with van der Waals surface area (Å²) in [6, 6.07) is 9.70. The minimum Gasteiger partial charge on any atom is -0.481 e. The van der Waals surface area contributed by atoms with E-state index >= 15 is 0 Å². The van der Waals surface area contributed by atoms with Gasteiger partial charge in [0.2, 0.25) is 0 Å². The Morgan fingerprint density at radius 2 is 2.16 bits per heavy atom. The fourth-order valence-corrected chi connectivity index (χ4v) is 2.38. The predicted octanol–water partition coefficient (Wildman–Crippen LogP) is 2.03. The Hall–Kier alpha value is -2.14. The molecule has 1 aromatic heterocycles. The highest BCUT2D eigenvalue weighted by molar-refractivity contribution is 5.71. The van der Waals surface area contributed by atoms with E-state index in [2.05, 4.69) is 5.10 Å². The summed E-state index contributed by atoms with van der Waals surface area (Å²) >= 11 is 0. The molecule has 0 aliphatic carbocycles. The van der Waals surface area contributed by atoms with Gasteiger partial charge in [0.05, 0.1) is 23.9 Å². The monoisotopic (exact) mass is 258 g/mol. The van der Waals surface area contributed by atoms with Crippen molar-refractivity contribution in [1.29, 1.82) is 0 Å². The summed E-state index contributed by atoms with van der Waals surface area (Å²) in [6.45, 7) is 0.484. The molecular formula is C14H14N2O3. The first kappa shape index (κ1) is 11.9. The number of rotatable bonds is 3. The normalized spacial score (nSPS) is 22.5. The number of carboxylic acid groups (broad SMARTS) is 1. The van der Waals surface area contributed by atoms with E-state index in [9.17, 15) is 4.79 Å². The van der Waals surface area contributed by atoms with Crippen molar-refractivity contribution in [3.8, 4) is 5.69 Å². The van der Waals surface area contributed by atoms with Crippen LogP contribution in [0.1, 0.15) is 18.1 Å². The smallest absolute Gasteiger partial charge is 0.309 e. The molecular weight excluding hydrogens is 244 g/mol. The maximum Gasteiger partial charge on any atom is 0.309 e. The summed E-state index contributed by atoms with van der Waals surface area (Å²) in [5.74, 6) is -1.29. The van der Waals surface area contributed by atoms with Gasteiger partial charge in [0.15, 0.2) is 0 Å². The quantitative estimate of drug-likeness (QED) is 0.915. The number of aromatic nitrogens is 2. The molecule has 98 valence electrons. The van der Waals surface area contributed by atoms with Crippen LogP contribution in [0, 0.1) is 5.92 Å². The van der Waals surface area contributed by atoms with Gasteiger partial charge in [-0.2, -0.15) is 5.10 Å². The lowest BCUT2D eigenvalue weighted by molar-refractivity contribution is -0.143. The minimum absolute atomic E-state index is 0.394. The summed E-state index contributed by atoms with van der Waals surface area (Å²) < 4.78 is 7.26. The Morgan fingerprint density at radius 1 is 1.37 bits per heavy atom. The van der Waals surface area contributed by atoms with Crippen LogP contribution in [-0.4, -0.2) is 27.5 Å². The maximum absolute atomic E-state index is 11.2. The van der Waals surface area contributed by atoms with Crippen LogP contribution in [0.3, 0.4) is 0 Å². The Balaban J connectivity index is 1.87. The Labute approximate surface area is 110 Å². The number of hydrogen-bond donors (Lipinski definition) is 1. The predicted molar refractivity (Wildman–Crippen MR) is 68.0 cm³/mol. The summed E-state index contributed by atoms with van der Waals surface area (Å²) in [5.41, 5.74) is 1.76. The van der Waals surface area contributed by atoms with Gasteiger partial charge in [-0.05, 0) is 18.6 Å². The van der Waals surface area contributed by atoms with Crippen molar-refractivity contribution in [3.05, 3.63) is 48.3 Å². The van der Waals surface area contributed by atoms with E-state index in [1.165, 1.54) is 0 Å². The van der Waals surface area contributed by atoms with Gasteiger partial charge in [-0.3, -0.25) is 4.79 Å². The number of benzene rings is 1. The van der Waals surface area contributed by atoms with E-state index < -0.39 is 18.0 Å². The molecule has 5 nitrogen and oxygen atoms in total. The number of aliphatic carboxylic acids is 1. The summed E-state index contributed by atoms with van der Waals surface area (Å²) in [7, 11) is 0. The lowest BCUT2D eigenvalue weighted by Gasteiger charge is -2.12. The molecule has 2 atom stereocenters. The van der Waals surface area contributed by atoms with Gasteiger partial charge in [-0.1, -0.05) is 18.2 Å². The van der Waals surface area contributed by atoms with Crippen molar-refractivity contribution in [2.75, 3.05) is 6.61 Å². The highest BCUT2D eigenvalue weighted by Crippen LogP contribution is 2.34. The molecule has 0 amide bonds. The SMILES string of the molecule is O=C(O)[C@@H]1CCO[C@H]1c1cnn(-c2ccccc2)c1. The standard InChI is InChI=1S/C14H14N2O3/c17-14(18)12-6-7-19-13(12)10-8-15-16(9-10)11-4-2-1-3-5-11/h1-5,8-9,12-13H,6-7H2,(H,17,18)/t12-,13+/m1/s1. The van der Waals surface area contributed by atoms with Gasteiger partial charge < -0.3 is 9.84 Å². The van der Waals surface area contributed by atoms with E-state index in [0.717, 1.165) is 11.3 Å². The zero-order chi connectivity index (χ0) is 13.2. The molecule has 3 rings (SSSR count). The average Bonchev–Trinajstić information content (AvgIpc) is 3.08. The zero-order valence-corrected chi connectivity index (χ0v) is 10.3. The van der Waals surface area contributed by atoms with Crippen LogP contribution in [0.15, 0.2) is 42.7 Å². The number of hydrogen-bond acceptors (Lipinski definition) is 3. The van der Waals surface area contributed by atoms with Crippen LogP contribution in [0.2, 0.25) is 0 Å². The molecule has 1 saturated heterocycles. The van der Waals surface area contributed by atoms with Gasteiger partial charge >= 0.3 is 5.97 Å². The molecule has 1 aliphatic rings. The van der Waals surface area contributed by atoms with E-state index in [-0.39, 0.29) is 0 Å². The largest absolute Gasteiger partial charge is 0.481 e. The molecule has 1 fully saturated rings. The van der Waals surface area contributed by atoms with Crippen LogP contribution >= 0.6 is 0 Å². The molecule has 0 bridgehead atoms. The third-order valence-electron chi connectivity index (χ3n) is 3.36. The highest BCUT2D eigenvalue weighted by Gasteiger charge is 2.35. The van der Waals surface area contributed by atoms with Crippen LogP contribution in [0.4, 0.5) is 0 Å². The van der Waals surface area contributed by atoms with Crippen LogP contribution < -0.4 is 0 Å². The Bertz CT molecular complexity index is 579. The molecule has 0 unspecified atom stereocenters. The average molecular weight is 258 g/mol. The topological polar surface area (TPSA) is 64.3 Å². The number of para-hydroxylation sites is 1. The summed E-state index contributed by atoms with van der Waals surface area (Å²) in [5, 5.41) is 13.4. The van der Waals surface area contributed by atoms with E-state index in [1.54, 1.807) is 10.9 Å². The number of carboxylic acids is 1. The van der Waals surface area contributed by atoms with Crippen molar-refractivity contribution in [2.24, 2.45) is 5.92 Å². The van der Waals surface area contributed by atoms with Crippen LogP contribution in [0.25, 0.3) is 5.69 Å². The third-order valence-corrected chi connectivity index (χ3v) is 3.36. The lowest BCUT2D eigenvalue weighted by atomic mass is 9.98. The number of ether oxygens (including phenoxy) is 1. The van der Waals surface area contributed by atoms with Crippen molar-refractivity contribution >= 4 is 5.97 Å². The number of carbonyl (C=O) groups is 1. The second-order valence-corrected chi connectivity index (χ2v) is 4.58. The highest BCUT2D eigenvalue weighted by atomic mass is 16.5. The molecule has 2 aromatic rings. The maximum atomic E-state index is 11.2. The van der Waals surface area contributed by atoms with Crippen molar-refractivity contribution < 1.29 is 14.6 Å². The molecule has 1 aliphatic heterocycles. The first-order valence-corrected chi connectivity index (χ1v) is 6.20. The molecule has 19 heavy (non-hydrogen) atoms. The van der Waals surface area contributed by atoms with Gasteiger partial charge in [-0.15, -0.1) is 0 Å². The van der Waals surface area contributed by atoms with Gasteiger partial charge in [-0.25, -0.2) is 4.68 Å². The first-order valence-electron chi connectivity index (χ1n) is 6.20. The van der Waals surface area contributed by atoms with E-state index in [1.807, 2.05) is 36.5 Å². The van der Waals surface area contributed by atoms with Crippen molar-refractivity contribution in [3.63, 3.8) is 0 Å². The van der Waals surface area contributed by atoms with Crippen LogP contribution in [-0.2, 0) is 9.53 Å². The number of nitrogens with zero attached hydrogens (tertiary/aromatic N) is 2. The summed E-state index contributed by atoms with van der Waals surface area (Å²) in [4.78, 5) is 11.2. The third kappa shape index (κ3) is 2.24. The van der Waals surface area contributed by atoms with Gasteiger partial charge in [0.1, 0.15) is 0 Å². The second-order valence-electron chi connectivity index (χ2n) is 4.58.